The minimum Gasteiger partial charge on any atom is -0.278 e. The molecule has 1 aromatic carbocycles. The number of nitrogens with one attached hydrogen (secondary N) is 1. The van der Waals surface area contributed by atoms with Crippen LogP contribution < -0.4 is 0 Å². The van der Waals surface area contributed by atoms with E-state index >= 15 is 0 Å². The highest BCUT2D eigenvalue weighted by Gasteiger charge is 1.94. The number of fused-ring (bicyclic) bond motifs is 1. The SMILES string of the molecule is N#CCC#Cc1ccc2[nH]ncc2c1. The number of hydrogen-bond acceptors (Lipinski definition) is 2. The highest BCUT2D eigenvalue weighted by molar-refractivity contribution is 5.79. The average Bonchev–Trinajstić information content (AvgIpc) is 2.65. The van der Waals surface area contributed by atoms with Crippen LogP contribution in [-0.2, 0) is 0 Å². The summed E-state index contributed by atoms with van der Waals surface area (Å²) in [5.41, 5.74) is 1.91. The van der Waals surface area contributed by atoms with Crippen LogP contribution in [0.4, 0.5) is 0 Å². The van der Waals surface area contributed by atoms with Gasteiger partial charge in [-0.25, -0.2) is 0 Å². The lowest BCUT2D eigenvalue weighted by molar-refractivity contribution is 1.12. The highest BCUT2D eigenvalue weighted by Crippen LogP contribution is 2.11. The molecule has 1 heterocycles. The Morgan fingerprint density at radius 3 is 3.21 bits per heavy atom. The molecule has 1 aromatic heterocycles. The summed E-state index contributed by atoms with van der Waals surface area (Å²) in [6.07, 6.45) is 2.02. The van der Waals surface area contributed by atoms with Crippen LogP contribution in [0.2, 0.25) is 0 Å². The van der Waals surface area contributed by atoms with E-state index in [1.165, 1.54) is 0 Å². The molecular weight excluding hydrogens is 174 g/mol. The first-order valence-electron chi connectivity index (χ1n) is 4.19. The maximum Gasteiger partial charge on any atom is 0.0966 e. The molecule has 0 atom stereocenters. The summed E-state index contributed by atoms with van der Waals surface area (Å²) in [5, 5.41) is 16.1. The highest BCUT2D eigenvalue weighted by atomic mass is 15.1. The van der Waals surface area contributed by atoms with Gasteiger partial charge in [-0.05, 0) is 18.2 Å². The third-order valence-corrected chi connectivity index (χ3v) is 1.84. The van der Waals surface area contributed by atoms with Crippen LogP contribution in [0, 0.1) is 23.2 Å². The van der Waals surface area contributed by atoms with Crippen molar-refractivity contribution in [1.29, 1.82) is 5.26 Å². The Balaban J connectivity index is 2.37. The van der Waals surface area contributed by atoms with Gasteiger partial charge in [-0.3, -0.25) is 5.10 Å². The molecule has 2 aromatic rings. The quantitative estimate of drug-likeness (QED) is 0.630. The molecule has 66 valence electrons. The molecule has 0 radical (unpaired) electrons. The number of hydrogen-bond donors (Lipinski definition) is 1. The molecule has 0 bridgehead atoms. The van der Waals surface area contributed by atoms with Gasteiger partial charge >= 0.3 is 0 Å². The van der Waals surface area contributed by atoms with E-state index in [-0.39, 0.29) is 6.42 Å². The van der Waals surface area contributed by atoms with Gasteiger partial charge in [0.2, 0.25) is 0 Å². The van der Waals surface area contributed by atoms with E-state index in [1.54, 1.807) is 6.20 Å². The van der Waals surface area contributed by atoms with Crippen molar-refractivity contribution >= 4 is 10.9 Å². The molecule has 14 heavy (non-hydrogen) atoms. The fraction of sp³-hybridized carbons (Fsp3) is 0.0909. The van der Waals surface area contributed by atoms with E-state index in [0.29, 0.717) is 0 Å². The summed E-state index contributed by atoms with van der Waals surface area (Å²) < 4.78 is 0. The molecule has 3 heteroatoms. The van der Waals surface area contributed by atoms with E-state index in [0.717, 1.165) is 16.5 Å². The topological polar surface area (TPSA) is 52.5 Å². The summed E-state index contributed by atoms with van der Waals surface area (Å²) in [7, 11) is 0. The lowest BCUT2D eigenvalue weighted by Gasteiger charge is -1.89. The van der Waals surface area contributed by atoms with Gasteiger partial charge in [-0.2, -0.15) is 10.4 Å². The zero-order valence-corrected chi connectivity index (χ0v) is 7.41. The Bertz CT molecular complexity index is 549. The summed E-state index contributed by atoms with van der Waals surface area (Å²) in [6.45, 7) is 0. The molecule has 0 unspecified atom stereocenters. The van der Waals surface area contributed by atoms with Crippen LogP contribution >= 0.6 is 0 Å². The Hall–Kier alpha value is -2.26. The van der Waals surface area contributed by atoms with E-state index in [9.17, 15) is 0 Å². The second-order valence-electron chi connectivity index (χ2n) is 2.81. The van der Waals surface area contributed by atoms with Crippen molar-refractivity contribution in [3.05, 3.63) is 30.0 Å². The number of benzene rings is 1. The average molecular weight is 181 g/mol. The number of nitriles is 1. The van der Waals surface area contributed by atoms with E-state index < -0.39 is 0 Å². The summed E-state index contributed by atoms with van der Waals surface area (Å²) in [4.78, 5) is 0. The molecule has 0 amide bonds. The number of aromatic nitrogens is 2. The van der Waals surface area contributed by atoms with Crippen molar-refractivity contribution in [2.75, 3.05) is 0 Å². The van der Waals surface area contributed by atoms with Crippen LogP contribution in [0.3, 0.4) is 0 Å². The lowest BCUT2D eigenvalue weighted by Crippen LogP contribution is -1.74. The van der Waals surface area contributed by atoms with E-state index in [1.807, 2.05) is 24.3 Å². The number of rotatable bonds is 0. The van der Waals surface area contributed by atoms with Gasteiger partial charge in [0, 0.05) is 10.9 Å². The summed E-state index contributed by atoms with van der Waals surface area (Å²) >= 11 is 0. The van der Waals surface area contributed by atoms with Gasteiger partial charge in [0.25, 0.3) is 0 Å². The van der Waals surface area contributed by atoms with Crippen molar-refractivity contribution < 1.29 is 0 Å². The first-order valence-corrected chi connectivity index (χ1v) is 4.19. The molecule has 0 fully saturated rings. The Labute approximate surface area is 81.4 Å². The predicted molar refractivity (Wildman–Crippen MR) is 53.2 cm³/mol. The van der Waals surface area contributed by atoms with Crippen molar-refractivity contribution in [3.63, 3.8) is 0 Å². The molecule has 0 aliphatic heterocycles. The third-order valence-electron chi connectivity index (χ3n) is 1.84. The molecule has 1 N–H and O–H groups in total. The van der Waals surface area contributed by atoms with Gasteiger partial charge in [0.1, 0.15) is 0 Å². The van der Waals surface area contributed by atoms with Crippen molar-refractivity contribution in [2.24, 2.45) is 0 Å². The van der Waals surface area contributed by atoms with Gasteiger partial charge in [0.05, 0.1) is 24.2 Å². The number of aromatic amines is 1. The molecule has 2 rings (SSSR count). The maximum atomic E-state index is 8.32. The summed E-state index contributed by atoms with van der Waals surface area (Å²) in [5.74, 6) is 5.68. The molecule has 0 aliphatic carbocycles. The zero-order valence-electron chi connectivity index (χ0n) is 7.41. The molecule has 0 aliphatic rings. The predicted octanol–water partition coefficient (Wildman–Crippen LogP) is 1.83. The van der Waals surface area contributed by atoms with E-state index in [4.69, 9.17) is 5.26 Å². The number of H-pyrrole nitrogens is 1. The van der Waals surface area contributed by atoms with Crippen LogP contribution in [0.25, 0.3) is 10.9 Å². The molecular formula is C11H7N3. The standard InChI is InChI=1S/C11H7N3/c12-6-2-1-3-9-4-5-11-10(7-9)8-13-14-11/h4-5,7-8H,2H2,(H,13,14). The Morgan fingerprint density at radius 2 is 2.36 bits per heavy atom. The normalized spacial score (nSPS) is 9.07. The monoisotopic (exact) mass is 181 g/mol. The van der Waals surface area contributed by atoms with Gasteiger partial charge < -0.3 is 0 Å². The second kappa shape index (κ2) is 3.64. The molecule has 0 saturated carbocycles. The molecule has 0 saturated heterocycles. The van der Waals surface area contributed by atoms with E-state index in [2.05, 4.69) is 22.0 Å². The van der Waals surface area contributed by atoms with Gasteiger partial charge in [-0.15, -0.1) is 0 Å². The Kier molecular flexibility index (Phi) is 2.17. The maximum absolute atomic E-state index is 8.32. The van der Waals surface area contributed by atoms with Crippen LogP contribution in [0.5, 0.6) is 0 Å². The fourth-order valence-corrected chi connectivity index (χ4v) is 1.21. The summed E-state index contributed by atoms with van der Waals surface area (Å²) in [6, 6.07) is 7.76. The van der Waals surface area contributed by atoms with Crippen molar-refractivity contribution in [2.45, 2.75) is 6.42 Å². The number of nitrogens with zero attached hydrogens (tertiary/aromatic N) is 2. The van der Waals surface area contributed by atoms with Crippen molar-refractivity contribution in [1.82, 2.24) is 10.2 Å². The second-order valence-corrected chi connectivity index (χ2v) is 2.81. The van der Waals surface area contributed by atoms with Gasteiger partial charge in [0.15, 0.2) is 0 Å². The zero-order chi connectivity index (χ0) is 9.80. The van der Waals surface area contributed by atoms with Crippen LogP contribution in [0.15, 0.2) is 24.4 Å². The first-order chi connectivity index (χ1) is 6.90. The minimum atomic E-state index is 0.267. The molecule has 3 nitrogen and oxygen atoms in total. The van der Waals surface area contributed by atoms with Crippen LogP contribution in [0.1, 0.15) is 12.0 Å². The third kappa shape index (κ3) is 1.57. The lowest BCUT2D eigenvalue weighted by atomic mass is 10.1. The molecule has 0 spiro atoms. The Morgan fingerprint density at radius 1 is 1.43 bits per heavy atom. The van der Waals surface area contributed by atoms with Crippen molar-refractivity contribution in [3.8, 4) is 17.9 Å². The first kappa shape index (κ1) is 8.34. The van der Waals surface area contributed by atoms with Crippen LogP contribution in [-0.4, -0.2) is 10.2 Å². The fourth-order valence-electron chi connectivity index (χ4n) is 1.21. The largest absolute Gasteiger partial charge is 0.278 e. The van der Waals surface area contributed by atoms with Gasteiger partial charge in [-0.1, -0.05) is 11.8 Å². The smallest absolute Gasteiger partial charge is 0.0966 e. The minimum absolute atomic E-state index is 0.267.